The third-order valence-corrected chi connectivity index (χ3v) is 3.14. The Hall–Kier alpha value is -0.610. The molecule has 2 aliphatic rings. The molecule has 2 unspecified atom stereocenters. The van der Waals surface area contributed by atoms with E-state index in [1.54, 1.807) is 0 Å². The molecular weight excluding hydrogens is 192 g/mol. The molecule has 1 saturated heterocycles. The summed E-state index contributed by atoms with van der Waals surface area (Å²) >= 11 is 0. The van der Waals surface area contributed by atoms with E-state index in [0.717, 1.165) is 12.5 Å². The van der Waals surface area contributed by atoms with Crippen molar-refractivity contribution in [1.82, 2.24) is 10.2 Å². The van der Waals surface area contributed by atoms with Crippen molar-refractivity contribution in [3.05, 3.63) is 0 Å². The lowest BCUT2D eigenvalue weighted by Gasteiger charge is -2.20. The maximum atomic E-state index is 11.7. The van der Waals surface area contributed by atoms with Gasteiger partial charge in [-0.15, -0.1) is 0 Å². The number of nitrogens with zero attached hydrogens (tertiary/aromatic N) is 1. The van der Waals surface area contributed by atoms with Crippen LogP contribution in [0.5, 0.6) is 0 Å². The molecule has 1 saturated carbocycles. The van der Waals surface area contributed by atoms with Crippen molar-refractivity contribution >= 4 is 5.91 Å². The average Bonchev–Trinajstić information content (AvgIpc) is 2.96. The van der Waals surface area contributed by atoms with Crippen LogP contribution in [0.4, 0.5) is 0 Å². The minimum atomic E-state index is -0.0385. The Morgan fingerprint density at radius 1 is 1.47 bits per heavy atom. The van der Waals surface area contributed by atoms with Crippen LogP contribution in [-0.2, 0) is 9.53 Å². The van der Waals surface area contributed by atoms with Gasteiger partial charge in [-0.1, -0.05) is 0 Å². The summed E-state index contributed by atoms with van der Waals surface area (Å²) < 4.78 is 5.53. The highest BCUT2D eigenvalue weighted by atomic mass is 16.5. The lowest BCUT2D eigenvalue weighted by Crippen LogP contribution is -2.37. The molecule has 0 aromatic rings. The summed E-state index contributed by atoms with van der Waals surface area (Å²) in [6.07, 6.45) is 2.78. The van der Waals surface area contributed by atoms with Gasteiger partial charge in [0.05, 0.1) is 18.8 Å². The second-order valence-electron chi connectivity index (χ2n) is 4.61. The summed E-state index contributed by atoms with van der Waals surface area (Å²) in [6.45, 7) is 6.18. The van der Waals surface area contributed by atoms with Crippen LogP contribution in [-0.4, -0.2) is 42.8 Å². The first-order valence-electron chi connectivity index (χ1n) is 5.82. The molecular formula is C11H20N2O2. The largest absolute Gasteiger partial charge is 0.379 e. The molecule has 0 spiro atoms. The number of rotatable bonds is 5. The van der Waals surface area contributed by atoms with Crippen molar-refractivity contribution in [3.8, 4) is 0 Å². The fourth-order valence-corrected chi connectivity index (χ4v) is 1.96. The third-order valence-electron chi connectivity index (χ3n) is 3.14. The summed E-state index contributed by atoms with van der Waals surface area (Å²) in [5.74, 6) is 0.992. The van der Waals surface area contributed by atoms with Gasteiger partial charge < -0.3 is 9.64 Å². The SMILES string of the molecule is CC1NC(C)N(CCOCC2CC2)C1=O. The second kappa shape index (κ2) is 4.49. The van der Waals surface area contributed by atoms with Crippen LogP contribution in [0.3, 0.4) is 0 Å². The number of hydrogen-bond acceptors (Lipinski definition) is 3. The Kier molecular flexibility index (Phi) is 3.26. The van der Waals surface area contributed by atoms with Crippen molar-refractivity contribution in [2.45, 2.75) is 38.9 Å². The summed E-state index contributed by atoms with van der Waals surface area (Å²) in [4.78, 5) is 13.5. The Bertz CT molecular complexity index is 241. The van der Waals surface area contributed by atoms with Gasteiger partial charge in [-0.2, -0.15) is 0 Å². The molecule has 1 aliphatic heterocycles. The fourth-order valence-electron chi connectivity index (χ4n) is 1.96. The first-order chi connectivity index (χ1) is 7.18. The zero-order valence-electron chi connectivity index (χ0n) is 9.53. The normalized spacial score (nSPS) is 31.3. The minimum Gasteiger partial charge on any atom is -0.379 e. The van der Waals surface area contributed by atoms with E-state index >= 15 is 0 Å². The molecule has 2 rings (SSSR count). The van der Waals surface area contributed by atoms with Crippen LogP contribution in [0, 0.1) is 5.92 Å². The van der Waals surface area contributed by atoms with E-state index in [4.69, 9.17) is 4.74 Å². The lowest BCUT2D eigenvalue weighted by molar-refractivity contribution is -0.130. The molecule has 4 nitrogen and oxygen atoms in total. The molecule has 0 aromatic carbocycles. The van der Waals surface area contributed by atoms with Gasteiger partial charge in [-0.25, -0.2) is 0 Å². The Labute approximate surface area is 91.0 Å². The van der Waals surface area contributed by atoms with E-state index < -0.39 is 0 Å². The van der Waals surface area contributed by atoms with E-state index in [0.29, 0.717) is 13.2 Å². The zero-order chi connectivity index (χ0) is 10.8. The van der Waals surface area contributed by atoms with E-state index in [-0.39, 0.29) is 18.1 Å². The van der Waals surface area contributed by atoms with Crippen molar-refractivity contribution < 1.29 is 9.53 Å². The van der Waals surface area contributed by atoms with Gasteiger partial charge in [0.1, 0.15) is 0 Å². The maximum absolute atomic E-state index is 11.7. The third kappa shape index (κ3) is 2.69. The molecule has 2 fully saturated rings. The molecule has 1 amide bonds. The number of amides is 1. The van der Waals surface area contributed by atoms with Gasteiger partial charge in [0.25, 0.3) is 0 Å². The van der Waals surface area contributed by atoms with Gasteiger partial charge in [0.2, 0.25) is 5.91 Å². The predicted octanol–water partition coefficient (Wildman–Crippen LogP) is 0.579. The van der Waals surface area contributed by atoms with Crippen LogP contribution in [0.2, 0.25) is 0 Å². The van der Waals surface area contributed by atoms with Crippen LogP contribution in [0.1, 0.15) is 26.7 Å². The monoisotopic (exact) mass is 212 g/mol. The van der Waals surface area contributed by atoms with Gasteiger partial charge in [0.15, 0.2) is 0 Å². The molecule has 2 atom stereocenters. The van der Waals surface area contributed by atoms with Crippen LogP contribution >= 0.6 is 0 Å². The van der Waals surface area contributed by atoms with Crippen molar-refractivity contribution in [2.75, 3.05) is 19.8 Å². The summed E-state index contributed by atoms with van der Waals surface area (Å²) in [5, 5.41) is 3.20. The highest BCUT2D eigenvalue weighted by Crippen LogP contribution is 2.28. The molecule has 0 aromatic heterocycles. The minimum absolute atomic E-state index is 0.0385. The van der Waals surface area contributed by atoms with Gasteiger partial charge in [-0.3, -0.25) is 10.1 Å². The molecule has 0 bridgehead atoms. The standard InChI is InChI=1S/C11H20N2O2/c1-8-11(14)13(9(2)12-8)5-6-15-7-10-3-4-10/h8-10,12H,3-7H2,1-2H3. The quantitative estimate of drug-likeness (QED) is 0.678. The summed E-state index contributed by atoms with van der Waals surface area (Å²) in [6, 6.07) is -0.0385. The lowest BCUT2D eigenvalue weighted by atomic mass is 10.3. The number of hydrogen-bond donors (Lipinski definition) is 1. The Balaban J connectivity index is 1.66. The zero-order valence-corrected chi connectivity index (χ0v) is 9.53. The molecule has 15 heavy (non-hydrogen) atoms. The molecule has 1 N–H and O–H groups in total. The van der Waals surface area contributed by atoms with Gasteiger partial charge >= 0.3 is 0 Å². The van der Waals surface area contributed by atoms with Crippen LogP contribution < -0.4 is 5.32 Å². The smallest absolute Gasteiger partial charge is 0.240 e. The number of ether oxygens (including phenoxy) is 1. The Morgan fingerprint density at radius 2 is 2.20 bits per heavy atom. The molecule has 86 valence electrons. The van der Waals surface area contributed by atoms with E-state index in [9.17, 15) is 4.79 Å². The second-order valence-corrected chi connectivity index (χ2v) is 4.61. The van der Waals surface area contributed by atoms with E-state index in [2.05, 4.69) is 5.32 Å². The predicted molar refractivity (Wildman–Crippen MR) is 57.3 cm³/mol. The number of nitrogens with one attached hydrogen (secondary N) is 1. The topological polar surface area (TPSA) is 41.6 Å². The first-order valence-corrected chi connectivity index (χ1v) is 5.82. The van der Waals surface area contributed by atoms with Crippen LogP contribution in [0.15, 0.2) is 0 Å². The molecule has 4 heteroatoms. The van der Waals surface area contributed by atoms with E-state index in [1.807, 2.05) is 18.7 Å². The molecule has 1 aliphatic carbocycles. The highest BCUT2D eigenvalue weighted by Gasteiger charge is 2.32. The van der Waals surface area contributed by atoms with Crippen molar-refractivity contribution in [1.29, 1.82) is 0 Å². The van der Waals surface area contributed by atoms with Crippen molar-refractivity contribution in [3.63, 3.8) is 0 Å². The Morgan fingerprint density at radius 3 is 2.73 bits per heavy atom. The van der Waals surface area contributed by atoms with Crippen LogP contribution in [0.25, 0.3) is 0 Å². The maximum Gasteiger partial charge on any atom is 0.240 e. The number of carbonyl (C=O) groups is 1. The average molecular weight is 212 g/mol. The fraction of sp³-hybridized carbons (Fsp3) is 0.909. The highest BCUT2D eigenvalue weighted by molar-refractivity contribution is 5.83. The molecule has 1 heterocycles. The van der Waals surface area contributed by atoms with Gasteiger partial charge in [0, 0.05) is 13.2 Å². The van der Waals surface area contributed by atoms with Crippen molar-refractivity contribution in [2.24, 2.45) is 5.92 Å². The first kappa shape index (κ1) is 10.9. The number of carbonyl (C=O) groups excluding carboxylic acids is 1. The molecule has 0 radical (unpaired) electrons. The summed E-state index contributed by atoms with van der Waals surface area (Å²) in [7, 11) is 0. The van der Waals surface area contributed by atoms with E-state index in [1.165, 1.54) is 12.8 Å². The summed E-state index contributed by atoms with van der Waals surface area (Å²) in [5.41, 5.74) is 0. The van der Waals surface area contributed by atoms with Gasteiger partial charge in [-0.05, 0) is 32.6 Å².